The minimum Gasteiger partial charge on any atom is -0.471 e. The quantitative estimate of drug-likeness (QED) is 0.312. The van der Waals surface area contributed by atoms with Crippen LogP contribution in [-0.4, -0.2) is 77.7 Å². The molecule has 3 heterocycles. The van der Waals surface area contributed by atoms with Crippen molar-refractivity contribution in [3.63, 3.8) is 0 Å². The summed E-state index contributed by atoms with van der Waals surface area (Å²) in [5.41, 5.74) is 1.63. The maximum atomic E-state index is 13.0. The summed E-state index contributed by atoms with van der Waals surface area (Å²) in [6.45, 7) is 12.5. The van der Waals surface area contributed by atoms with Gasteiger partial charge >= 0.3 is 12.1 Å². The highest BCUT2D eigenvalue weighted by Gasteiger charge is 2.42. The van der Waals surface area contributed by atoms with Crippen LogP contribution in [0.2, 0.25) is 0 Å². The number of nitrogens with one attached hydrogen (secondary N) is 1. The Morgan fingerprint density at radius 3 is 2.36 bits per heavy atom. The Morgan fingerprint density at radius 2 is 1.75 bits per heavy atom. The molecule has 1 N–H and O–H groups in total. The molecule has 236 valence electrons. The number of benzene rings is 2. The number of hydrogen-bond acceptors (Lipinski definition) is 10. The normalized spacial score (nSPS) is 19.1. The molecule has 0 unspecified atom stereocenters. The first-order valence-corrected chi connectivity index (χ1v) is 15.3. The molecular weight excluding hydrogens is 632 g/mol. The number of amides is 1. The zero-order valence-corrected chi connectivity index (χ0v) is 27.7. The number of carbonyl (C=O) groups excluding carboxylic acids is 2. The Kier molecular flexibility index (Phi) is 8.95. The Bertz CT molecular complexity index is 1550. The summed E-state index contributed by atoms with van der Waals surface area (Å²) in [5, 5.41) is 3.01. The summed E-state index contributed by atoms with van der Waals surface area (Å²) >= 11 is 3.55. The first-order chi connectivity index (χ1) is 20.7. The number of carbonyl (C=O) groups is 2. The molecular formula is C32H39BrN4O7. The third kappa shape index (κ3) is 7.35. The van der Waals surface area contributed by atoms with E-state index in [1.807, 2.05) is 76.8 Å². The lowest BCUT2D eigenvalue weighted by molar-refractivity contribution is -0.146. The van der Waals surface area contributed by atoms with Gasteiger partial charge in [0.25, 0.3) is 0 Å². The van der Waals surface area contributed by atoms with Crippen LogP contribution in [0.5, 0.6) is 17.4 Å². The number of esters is 1. The minimum absolute atomic E-state index is 0.138. The fourth-order valence-electron chi connectivity index (χ4n) is 5.24. The zero-order valence-electron chi connectivity index (χ0n) is 26.1. The van der Waals surface area contributed by atoms with Gasteiger partial charge in [-0.15, -0.1) is 0 Å². The van der Waals surface area contributed by atoms with Crippen LogP contribution in [0.3, 0.4) is 0 Å². The Hall–Kier alpha value is -3.64. The van der Waals surface area contributed by atoms with Crippen LogP contribution in [-0.2, 0) is 14.3 Å². The van der Waals surface area contributed by atoms with Crippen molar-refractivity contribution in [1.82, 2.24) is 20.2 Å². The number of rotatable bonds is 7. The van der Waals surface area contributed by atoms with Gasteiger partial charge in [-0.3, -0.25) is 9.69 Å². The lowest BCUT2D eigenvalue weighted by atomic mass is 9.86. The zero-order chi connectivity index (χ0) is 31.8. The van der Waals surface area contributed by atoms with Gasteiger partial charge in [0.05, 0.1) is 18.1 Å². The molecule has 2 aliphatic heterocycles. The highest BCUT2D eigenvalue weighted by atomic mass is 79.9. The highest BCUT2D eigenvalue weighted by Crippen LogP contribution is 2.39. The monoisotopic (exact) mass is 670 g/mol. The van der Waals surface area contributed by atoms with E-state index in [0.717, 1.165) is 10.0 Å². The number of ether oxygens (including phenoxy) is 5. The van der Waals surface area contributed by atoms with Crippen molar-refractivity contribution < 1.29 is 33.3 Å². The van der Waals surface area contributed by atoms with Gasteiger partial charge in [-0.1, -0.05) is 48.8 Å². The van der Waals surface area contributed by atoms with Gasteiger partial charge < -0.3 is 29.0 Å². The van der Waals surface area contributed by atoms with Gasteiger partial charge in [-0.25, -0.2) is 14.8 Å². The molecule has 11 nitrogen and oxygen atoms in total. The molecule has 1 fully saturated rings. The van der Waals surface area contributed by atoms with E-state index in [0.29, 0.717) is 53.6 Å². The van der Waals surface area contributed by atoms with Crippen molar-refractivity contribution in [1.29, 1.82) is 0 Å². The number of hydrogen-bond donors (Lipinski definition) is 1. The minimum atomic E-state index is -0.639. The van der Waals surface area contributed by atoms with Gasteiger partial charge in [-0.05, 0) is 38.3 Å². The fourth-order valence-corrected chi connectivity index (χ4v) is 5.64. The molecule has 44 heavy (non-hydrogen) atoms. The first-order valence-electron chi connectivity index (χ1n) is 14.6. The van der Waals surface area contributed by atoms with Crippen molar-refractivity contribution in [2.45, 2.75) is 71.8 Å². The molecule has 2 aliphatic rings. The van der Waals surface area contributed by atoms with Gasteiger partial charge in [-0.2, -0.15) is 0 Å². The van der Waals surface area contributed by atoms with E-state index in [1.165, 1.54) is 7.11 Å². The Morgan fingerprint density at radius 1 is 1.07 bits per heavy atom. The van der Waals surface area contributed by atoms with E-state index in [2.05, 4.69) is 21.2 Å². The van der Waals surface area contributed by atoms with Crippen molar-refractivity contribution in [3.05, 3.63) is 40.9 Å². The van der Waals surface area contributed by atoms with Crippen molar-refractivity contribution in [3.8, 4) is 28.6 Å². The molecule has 1 aromatic heterocycles. The average molecular weight is 672 g/mol. The van der Waals surface area contributed by atoms with Gasteiger partial charge in [0.15, 0.2) is 11.5 Å². The summed E-state index contributed by atoms with van der Waals surface area (Å²) in [5.74, 6) is 1.17. The number of methoxy groups -OCH3 is 1. The summed E-state index contributed by atoms with van der Waals surface area (Å²) in [6.07, 6.45) is -0.549. The molecule has 3 aromatic rings. The van der Waals surface area contributed by atoms with Gasteiger partial charge in [0.2, 0.25) is 12.7 Å². The maximum Gasteiger partial charge on any atom is 0.407 e. The summed E-state index contributed by atoms with van der Waals surface area (Å²) in [4.78, 5) is 37.5. The average Bonchev–Trinajstić information content (AvgIpc) is 3.55. The largest absolute Gasteiger partial charge is 0.471 e. The highest BCUT2D eigenvalue weighted by molar-refractivity contribution is 9.10. The third-order valence-electron chi connectivity index (χ3n) is 7.49. The second-order valence-electron chi connectivity index (χ2n) is 13.1. The SMILES string of the molecule is COC(=O)[C@@H]1C[C@@H](Oc2nc3cc4c(cc3nc2-c2cccc(Br)c2)OCO4)CN1C[C@@H](NC(=O)OC(C)(C)C)C(C)(C)C. The fraction of sp³-hybridized carbons (Fsp3) is 0.500. The molecule has 0 bridgehead atoms. The first kappa shape index (κ1) is 31.8. The number of nitrogens with zero attached hydrogens (tertiary/aromatic N) is 3. The van der Waals surface area contributed by atoms with Crippen molar-refractivity contribution in [2.75, 3.05) is 27.0 Å². The third-order valence-corrected chi connectivity index (χ3v) is 7.99. The van der Waals surface area contributed by atoms with Crippen LogP contribution in [0.1, 0.15) is 48.0 Å². The van der Waals surface area contributed by atoms with Crippen LogP contribution in [0.4, 0.5) is 4.79 Å². The van der Waals surface area contributed by atoms with E-state index < -0.39 is 23.8 Å². The second-order valence-corrected chi connectivity index (χ2v) is 14.0. The van der Waals surface area contributed by atoms with Gasteiger partial charge in [0, 0.05) is 47.7 Å². The lowest BCUT2D eigenvalue weighted by Crippen LogP contribution is -2.53. The lowest BCUT2D eigenvalue weighted by Gasteiger charge is -2.36. The van der Waals surface area contributed by atoms with Gasteiger partial charge in [0.1, 0.15) is 23.4 Å². The van der Waals surface area contributed by atoms with E-state index in [1.54, 1.807) is 6.07 Å². The molecule has 0 aliphatic carbocycles. The molecule has 0 saturated carbocycles. The molecule has 1 saturated heterocycles. The van der Waals surface area contributed by atoms with Crippen molar-refractivity contribution in [2.24, 2.45) is 5.41 Å². The number of likely N-dealkylation sites (tertiary alicyclic amines) is 1. The van der Waals surface area contributed by atoms with E-state index in [-0.39, 0.29) is 24.2 Å². The van der Waals surface area contributed by atoms with E-state index in [4.69, 9.17) is 33.7 Å². The summed E-state index contributed by atoms with van der Waals surface area (Å²) in [7, 11) is 1.37. The molecule has 0 radical (unpaired) electrons. The number of halogens is 1. The topological polar surface area (TPSA) is 121 Å². The number of aromatic nitrogens is 2. The predicted octanol–water partition coefficient (Wildman–Crippen LogP) is 5.72. The van der Waals surface area contributed by atoms with Crippen LogP contribution >= 0.6 is 15.9 Å². The van der Waals surface area contributed by atoms with E-state index >= 15 is 0 Å². The molecule has 0 spiro atoms. The Balaban J connectivity index is 1.44. The Labute approximate surface area is 265 Å². The molecule has 3 atom stereocenters. The number of fused-ring (bicyclic) bond motifs is 2. The molecule has 5 rings (SSSR count). The second kappa shape index (κ2) is 12.4. The number of alkyl carbamates (subject to hydrolysis) is 1. The maximum absolute atomic E-state index is 13.0. The van der Waals surface area contributed by atoms with Crippen LogP contribution in [0.15, 0.2) is 40.9 Å². The summed E-state index contributed by atoms with van der Waals surface area (Å²) < 4.78 is 29.3. The van der Waals surface area contributed by atoms with Crippen LogP contribution in [0, 0.1) is 5.41 Å². The van der Waals surface area contributed by atoms with Crippen molar-refractivity contribution >= 4 is 39.0 Å². The molecule has 12 heteroatoms. The predicted molar refractivity (Wildman–Crippen MR) is 168 cm³/mol. The van der Waals surface area contributed by atoms with Crippen LogP contribution in [0.25, 0.3) is 22.3 Å². The smallest absolute Gasteiger partial charge is 0.407 e. The standard InChI is InChI=1S/C32H39BrN4O7/c1-31(2,3)26(36-30(39)44-32(4,5)6)16-37-15-20(12-23(37)29(38)40-7)43-28-27(18-9-8-10-19(33)11-18)34-21-13-24-25(42-17-41-24)14-22(21)35-28/h8-11,13-14,20,23,26H,12,15-17H2,1-7H3,(H,36,39)/t20-,23+,26-/m1/s1. The van der Waals surface area contributed by atoms with Crippen LogP contribution < -0.4 is 19.5 Å². The molecule has 2 aromatic carbocycles. The molecule has 1 amide bonds. The van der Waals surface area contributed by atoms with E-state index in [9.17, 15) is 9.59 Å². The summed E-state index contributed by atoms with van der Waals surface area (Å²) in [6, 6.07) is 10.4.